The molecule has 1 N–H and O–H groups in total. The minimum Gasteiger partial charge on any atom is -0.314 e. The van der Waals surface area contributed by atoms with Crippen LogP contribution >= 0.6 is 0 Å². The van der Waals surface area contributed by atoms with Crippen LogP contribution in [0, 0.1) is 29.6 Å². The van der Waals surface area contributed by atoms with Crippen LogP contribution in [0.5, 0.6) is 0 Å². The highest BCUT2D eigenvalue weighted by Crippen LogP contribution is 2.69. The molecule has 0 spiro atoms. The van der Waals surface area contributed by atoms with E-state index in [4.69, 9.17) is 0 Å². The van der Waals surface area contributed by atoms with Crippen LogP contribution in [-0.2, 0) is 0 Å². The van der Waals surface area contributed by atoms with Gasteiger partial charge in [-0.05, 0) is 68.2 Å². The van der Waals surface area contributed by atoms with Crippen LogP contribution in [-0.4, -0.2) is 12.6 Å². The second-order valence-corrected chi connectivity index (χ2v) is 5.83. The van der Waals surface area contributed by atoms with E-state index in [0.717, 1.165) is 12.0 Å². The molecular formula is C12H19N. The lowest BCUT2D eigenvalue weighted by Crippen LogP contribution is -2.21. The van der Waals surface area contributed by atoms with Gasteiger partial charge in [0.25, 0.3) is 0 Å². The Morgan fingerprint density at radius 3 is 2.23 bits per heavy atom. The van der Waals surface area contributed by atoms with Crippen LogP contribution in [0.15, 0.2) is 0 Å². The van der Waals surface area contributed by atoms with Gasteiger partial charge in [-0.2, -0.15) is 0 Å². The molecule has 0 aromatic heterocycles. The highest BCUT2D eigenvalue weighted by atomic mass is 15.0. The van der Waals surface area contributed by atoms with E-state index in [1.54, 1.807) is 19.3 Å². The SMILES string of the molecule is C1CC1NCC1C2C3CCC(C3)C12. The third-order valence-corrected chi connectivity index (χ3v) is 5.11. The molecular weight excluding hydrogens is 158 g/mol. The van der Waals surface area contributed by atoms with Gasteiger partial charge < -0.3 is 5.32 Å². The highest BCUT2D eigenvalue weighted by Gasteiger charge is 2.64. The minimum atomic E-state index is 0.930. The van der Waals surface area contributed by atoms with Gasteiger partial charge in [0.2, 0.25) is 0 Å². The van der Waals surface area contributed by atoms with Crippen molar-refractivity contribution >= 4 is 0 Å². The molecule has 0 aliphatic heterocycles. The van der Waals surface area contributed by atoms with Crippen molar-refractivity contribution in [2.75, 3.05) is 6.54 Å². The minimum absolute atomic E-state index is 0.930. The third kappa shape index (κ3) is 0.971. The first-order valence-electron chi connectivity index (χ1n) is 6.17. The van der Waals surface area contributed by atoms with Gasteiger partial charge in [0.15, 0.2) is 0 Å². The Kier molecular flexibility index (Phi) is 1.29. The fourth-order valence-electron chi connectivity index (χ4n) is 4.37. The largest absolute Gasteiger partial charge is 0.314 e. The average molecular weight is 177 g/mol. The summed E-state index contributed by atoms with van der Waals surface area (Å²) in [6.07, 6.45) is 7.66. The van der Waals surface area contributed by atoms with Crippen molar-refractivity contribution in [2.24, 2.45) is 29.6 Å². The molecule has 0 heterocycles. The molecule has 2 bridgehead atoms. The lowest BCUT2D eigenvalue weighted by Gasteiger charge is -2.08. The Bertz CT molecular complexity index is 217. The summed E-state index contributed by atoms with van der Waals surface area (Å²) in [4.78, 5) is 0. The number of fused-ring (bicyclic) bond motifs is 5. The zero-order valence-electron chi connectivity index (χ0n) is 8.21. The summed E-state index contributed by atoms with van der Waals surface area (Å²) in [6, 6.07) is 0.930. The molecule has 4 fully saturated rings. The summed E-state index contributed by atoms with van der Waals surface area (Å²) < 4.78 is 0. The fraction of sp³-hybridized carbons (Fsp3) is 1.00. The van der Waals surface area contributed by atoms with E-state index < -0.39 is 0 Å². The summed E-state index contributed by atoms with van der Waals surface area (Å²) in [5.41, 5.74) is 0. The first-order valence-corrected chi connectivity index (χ1v) is 6.17. The molecule has 0 radical (unpaired) electrons. The van der Waals surface area contributed by atoms with Crippen molar-refractivity contribution in [1.29, 1.82) is 0 Å². The highest BCUT2D eigenvalue weighted by molar-refractivity contribution is 5.13. The predicted molar refractivity (Wildman–Crippen MR) is 52.3 cm³/mol. The van der Waals surface area contributed by atoms with Gasteiger partial charge in [0.1, 0.15) is 0 Å². The van der Waals surface area contributed by atoms with Crippen molar-refractivity contribution in [3.8, 4) is 0 Å². The Hall–Kier alpha value is -0.0400. The number of nitrogens with one attached hydrogen (secondary N) is 1. The maximum Gasteiger partial charge on any atom is 0.00683 e. The quantitative estimate of drug-likeness (QED) is 0.695. The molecule has 72 valence electrons. The molecule has 1 heteroatoms. The summed E-state index contributed by atoms with van der Waals surface area (Å²) >= 11 is 0. The molecule has 0 amide bonds. The van der Waals surface area contributed by atoms with Crippen LogP contribution in [0.4, 0.5) is 0 Å². The van der Waals surface area contributed by atoms with Crippen molar-refractivity contribution in [2.45, 2.75) is 38.1 Å². The van der Waals surface area contributed by atoms with Crippen molar-refractivity contribution < 1.29 is 0 Å². The Balaban J connectivity index is 1.39. The maximum atomic E-state index is 3.72. The normalized spacial score (nSPS) is 56.8. The van der Waals surface area contributed by atoms with E-state index in [-0.39, 0.29) is 0 Å². The first-order chi connectivity index (χ1) is 6.43. The molecule has 4 atom stereocenters. The van der Waals surface area contributed by atoms with Crippen LogP contribution in [0.3, 0.4) is 0 Å². The molecule has 4 aliphatic carbocycles. The summed E-state index contributed by atoms with van der Waals surface area (Å²) in [5, 5.41) is 3.72. The van der Waals surface area contributed by atoms with E-state index in [0.29, 0.717) is 0 Å². The zero-order valence-corrected chi connectivity index (χ0v) is 8.21. The predicted octanol–water partition coefficient (Wildman–Crippen LogP) is 2.03. The average Bonchev–Trinajstić information content (AvgIpc) is 3.02. The molecule has 13 heavy (non-hydrogen) atoms. The summed E-state index contributed by atoms with van der Waals surface area (Å²) in [5.74, 6) is 5.82. The van der Waals surface area contributed by atoms with E-state index in [1.807, 2.05) is 0 Å². The molecule has 4 saturated carbocycles. The van der Waals surface area contributed by atoms with Crippen LogP contribution in [0.2, 0.25) is 0 Å². The van der Waals surface area contributed by atoms with Crippen LogP contribution in [0.25, 0.3) is 0 Å². The summed E-state index contributed by atoms with van der Waals surface area (Å²) in [7, 11) is 0. The molecule has 4 unspecified atom stereocenters. The van der Waals surface area contributed by atoms with E-state index in [9.17, 15) is 0 Å². The van der Waals surface area contributed by atoms with E-state index in [2.05, 4.69) is 5.32 Å². The van der Waals surface area contributed by atoms with Gasteiger partial charge in [0.05, 0.1) is 0 Å². The van der Waals surface area contributed by atoms with E-state index >= 15 is 0 Å². The smallest absolute Gasteiger partial charge is 0.00683 e. The molecule has 0 aromatic carbocycles. The topological polar surface area (TPSA) is 12.0 Å². The number of rotatable bonds is 3. The lowest BCUT2D eigenvalue weighted by atomic mass is 10.0. The number of hydrogen-bond acceptors (Lipinski definition) is 1. The Labute approximate surface area is 80.3 Å². The first kappa shape index (κ1) is 7.28. The van der Waals surface area contributed by atoms with E-state index in [1.165, 1.54) is 43.1 Å². The molecule has 0 aromatic rings. The van der Waals surface area contributed by atoms with Crippen LogP contribution < -0.4 is 5.32 Å². The van der Waals surface area contributed by atoms with Crippen molar-refractivity contribution in [3.63, 3.8) is 0 Å². The van der Waals surface area contributed by atoms with Gasteiger partial charge in [-0.15, -0.1) is 0 Å². The molecule has 4 rings (SSSR count). The fourth-order valence-corrected chi connectivity index (χ4v) is 4.37. The monoisotopic (exact) mass is 177 g/mol. The number of hydrogen-bond donors (Lipinski definition) is 1. The zero-order chi connectivity index (χ0) is 8.41. The van der Waals surface area contributed by atoms with Crippen LogP contribution in [0.1, 0.15) is 32.1 Å². The third-order valence-electron chi connectivity index (χ3n) is 5.11. The van der Waals surface area contributed by atoms with Crippen molar-refractivity contribution in [1.82, 2.24) is 5.32 Å². The second kappa shape index (κ2) is 2.31. The molecule has 1 nitrogen and oxygen atoms in total. The lowest BCUT2D eigenvalue weighted by molar-refractivity contribution is 0.442. The van der Waals surface area contributed by atoms with Gasteiger partial charge in [-0.25, -0.2) is 0 Å². The molecule has 4 aliphatic rings. The van der Waals surface area contributed by atoms with Crippen molar-refractivity contribution in [3.05, 3.63) is 0 Å². The maximum absolute atomic E-state index is 3.72. The second-order valence-electron chi connectivity index (χ2n) is 5.83. The Morgan fingerprint density at radius 1 is 0.923 bits per heavy atom. The molecule has 0 saturated heterocycles. The van der Waals surface area contributed by atoms with Gasteiger partial charge in [-0.1, -0.05) is 0 Å². The Morgan fingerprint density at radius 2 is 1.62 bits per heavy atom. The summed E-state index contributed by atoms with van der Waals surface area (Å²) in [6.45, 7) is 1.37. The van der Waals surface area contributed by atoms with Gasteiger partial charge >= 0.3 is 0 Å². The standard InChI is InChI=1S/C12H19N/c1-2-8-5-7(1)11-10(12(8)11)6-13-9-3-4-9/h7-13H,1-6H2. The van der Waals surface area contributed by atoms with Gasteiger partial charge in [-0.3, -0.25) is 0 Å². The van der Waals surface area contributed by atoms with Gasteiger partial charge in [0, 0.05) is 6.04 Å².